The number of hydrogen-bond donors (Lipinski definition) is 3. The number of benzene rings is 1. The molecule has 1 aliphatic rings. The fourth-order valence-corrected chi connectivity index (χ4v) is 3.52. The molecule has 1 aromatic carbocycles. The van der Waals surface area contributed by atoms with Gasteiger partial charge in [0.05, 0.1) is 18.6 Å². The van der Waals surface area contributed by atoms with Crippen LogP contribution in [-0.2, 0) is 11.2 Å². The molecule has 4 nitrogen and oxygen atoms in total. The quantitative estimate of drug-likeness (QED) is 0.690. The molecule has 1 fully saturated rings. The summed E-state index contributed by atoms with van der Waals surface area (Å²) in [5.41, 5.74) is 1.22. The van der Waals surface area contributed by atoms with Crippen molar-refractivity contribution in [1.82, 2.24) is 0 Å². The van der Waals surface area contributed by atoms with Gasteiger partial charge >= 0.3 is 5.97 Å². The highest BCUT2D eigenvalue weighted by Gasteiger charge is 2.36. The lowest BCUT2D eigenvalue weighted by Gasteiger charge is -2.21. The molecule has 3 N–H and O–H groups in total. The van der Waals surface area contributed by atoms with Gasteiger partial charge in [-0.15, -0.1) is 0 Å². The Morgan fingerprint density at radius 1 is 1.18 bits per heavy atom. The first-order valence-corrected chi connectivity index (χ1v) is 8.18. The van der Waals surface area contributed by atoms with Gasteiger partial charge in [0.1, 0.15) is 0 Å². The summed E-state index contributed by atoms with van der Waals surface area (Å²) in [5.74, 6) is -0.781. The maximum absolute atomic E-state index is 10.9. The van der Waals surface area contributed by atoms with E-state index in [1.807, 2.05) is 18.2 Å². The molecule has 4 atom stereocenters. The fourth-order valence-electron chi connectivity index (χ4n) is 3.52. The van der Waals surface area contributed by atoms with Crippen LogP contribution in [0.1, 0.15) is 44.1 Å². The second-order valence-corrected chi connectivity index (χ2v) is 6.42. The molecular weight excluding hydrogens is 280 g/mol. The zero-order chi connectivity index (χ0) is 15.9. The van der Waals surface area contributed by atoms with Crippen LogP contribution in [0.15, 0.2) is 30.3 Å². The second kappa shape index (κ2) is 8.30. The zero-order valence-electron chi connectivity index (χ0n) is 12.9. The van der Waals surface area contributed by atoms with E-state index in [4.69, 9.17) is 5.11 Å². The topological polar surface area (TPSA) is 77.8 Å². The number of hydrogen-bond acceptors (Lipinski definition) is 3. The highest BCUT2D eigenvalue weighted by atomic mass is 16.4. The molecule has 122 valence electrons. The summed E-state index contributed by atoms with van der Waals surface area (Å²) in [7, 11) is 0. The highest BCUT2D eigenvalue weighted by molar-refractivity contribution is 5.67. The molecule has 0 heterocycles. The summed E-state index contributed by atoms with van der Waals surface area (Å²) in [6.45, 7) is 0. The van der Waals surface area contributed by atoms with Crippen LogP contribution in [0.2, 0.25) is 0 Å². The molecule has 0 radical (unpaired) electrons. The Kier molecular flexibility index (Phi) is 6.40. The minimum atomic E-state index is -0.847. The van der Waals surface area contributed by atoms with Gasteiger partial charge in [-0.2, -0.15) is 0 Å². The van der Waals surface area contributed by atoms with Gasteiger partial charge in [0.2, 0.25) is 0 Å². The van der Waals surface area contributed by atoms with E-state index in [0.717, 1.165) is 25.7 Å². The number of carboxylic acids is 1. The number of rotatable bonds is 8. The first-order chi connectivity index (χ1) is 10.6. The van der Waals surface area contributed by atoms with Gasteiger partial charge in [0.15, 0.2) is 0 Å². The lowest BCUT2D eigenvalue weighted by Crippen LogP contribution is -2.23. The van der Waals surface area contributed by atoms with Crippen LogP contribution in [0, 0.1) is 11.8 Å². The number of aryl methyl sites for hydroxylation is 1. The lowest BCUT2D eigenvalue weighted by molar-refractivity contribution is -0.139. The Labute approximate surface area is 131 Å². The zero-order valence-corrected chi connectivity index (χ0v) is 12.9. The monoisotopic (exact) mass is 306 g/mol. The molecule has 1 aromatic rings. The van der Waals surface area contributed by atoms with Gasteiger partial charge in [-0.3, -0.25) is 4.79 Å². The van der Waals surface area contributed by atoms with E-state index in [-0.39, 0.29) is 24.4 Å². The maximum atomic E-state index is 10.9. The summed E-state index contributed by atoms with van der Waals surface area (Å²) >= 11 is 0. The smallest absolute Gasteiger partial charge is 0.303 e. The third kappa shape index (κ3) is 5.11. The summed E-state index contributed by atoms with van der Waals surface area (Å²) in [4.78, 5) is 10.9. The summed E-state index contributed by atoms with van der Waals surface area (Å²) in [6.07, 6.45) is 3.78. The van der Waals surface area contributed by atoms with Crippen LogP contribution >= 0.6 is 0 Å². The predicted molar refractivity (Wildman–Crippen MR) is 84.5 cm³/mol. The van der Waals surface area contributed by atoms with Crippen LogP contribution in [0.25, 0.3) is 0 Å². The van der Waals surface area contributed by atoms with E-state index in [1.54, 1.807) is 0 Å². The molecule has 0 aliphatic heterocycles. The van der Waals surface area contributed by atoms with Crippen molar-refractivity contribution in [3.05, 3.63) is 35.9 Å². The van der Waals surface area contributed by atoms with Crippen LogP contribution < -0.4 is 0 Å². The van der Waals surface area contributed by atoms with Gasteiger partial charge in [-0.05, 0) is 55.9 Å². The Morgan fingerprint density at radius 2 is 1.91 bits per heavy atom. The van der Waals surface area contributed by atoms with Crippen LogP contribution in [0.5, 0.6) is 0 Å². The van der Waals surface area contributed by atoms with Crippen molar-refractivity contribution >= 4 is 5.97 Å². The van der Waals surface area contributed by atoms with Crippen molar-refractivity contribution in [3.8, 4) is 0 Å². The van der Waals surface area contributed by atoms with Gasteiger partial charge in [0, 0.05) is 0 Å². The van der Waals surface area contributed by atoms with E-state index < -0.39 is 12.1 Å². The minimum absolute atomic E-state index is 0.0337. The Bertz CT molecular complexity index is 459. The van der Waals surface area contributed by atoms with Gasteiger partial charge in [0.25, 0.3) is 0 Å². The number of carboxylic acid groups (broad SMARTS) is 1. The molecule has 4 heteroatoms. The molecule has 1 aliphatic carbocycles. The second-order valence-electron chi connectivity index (χ2n) is 6.42. The molecule has 0 unspecified atom stereocenters. The van der Waals surface area contributed by atoms with Crippen molar-refractivity contribution in [3.63, 3.8) is 0 Å². The SMILES string of the molecule is O=C(O)C[C@@H]1[C@@H](CC[C@H](O)CCc2ccccc2)CC[C@@H]1O. The summed E-state index contributed by atoms with van der Waals surface area (Å²) in [5, 5.41) is 29.0. The number of aliphatic hydroxyl groups is 2. The van der Waals surface area contributed by atoms with Crippen molar-refractivity contribution < 1.29 is 20.1 Å². The average Bonchev–Trinajstić information content (AvgIpc) is 2.84. The van der Waals surface area contributed by atoms with Crippen LogP contribution in [-0.4, -0.2) is 33.5 Å². The third-order valence-electron chi connectivity index (χ3n) is 4.82. The molecule has 0 aromatic heterocycles. The van der Waals surface area contributed by atoms with E-state index in [0.29, 0.717) is 12.8 Å². The summed E-state index contributed by atoms with van der Waals surface area (Å²) in [6, 6.07) is 10.1. The summed E-state index contributed by atoms with van der Waals surface area (Å²) < 4.78 is 0. The number of aliphatic carboxylic acids is 1. The molecular formula is C18H26O4. The van der Waals surface area contributed by atoms with Gasteiger partial charge < -0.3 is 15.3 Å². The first kappa shape index (κ1) is 17.0. The van der Waals surface area contributed by atoms with Gasteiger partial charge in [-0.25, -0.2) is 0 Å². The first-order valence-electron chi connectivity index (χ1n) is 8.18. The normalized spacial score (nSPS) is 26.0. The maximum Gasteiger partial charge on any atom is 0.303 e. The molecule has 0 spiro atoms. The fraction of sp³-hybridized carbons (Fsp3) is 0.611. The molecule has 0 saturated heterocycles. The number of aliphatic hydroxyl groups excluding tert-OH is 2. The van der Waals surface area contributed by atoms with E-state index in [9.17, 15) is 15.0 Å². The Hall–Kier alpha value is -1.39. The Morgan fingerprint density at radius 3 is 2.59 bits per heavy atom. The van der Waals surface area contributed by atoms with Crippen molar-refractivity contribution in [2.45, 2.75) is 57.2 Å². The number of carbonyl (C=O) groups is 1. The van der Waals surface area contributed by atoms with E-state index in [1.165, 1.54) is 5.56 Å². The van der Waals surface area contributed by atoms with Gasteiger partial charge in [-0.1, -0.05) is 30.3 Å². The standard InChI is InChI=1S/C18H26O4/c19-15(9-6-13-4-2-1-3-5-13)10-7-14-8-11-17(20)16(14)12-18(21)22/h1-5,14-17,19-20H,6-12H2,(H,21,22)/t14-,15+,16+,17-/m0/s1. The third-order valence-corrected chi connectivity index (χ3v) is 4.82. The van der Waals surface area contributed by atoms with Crippen LogP contribution in [0.4, 0.5) is 0 Å². The molecule has 0 bridgehead atoms. The largest absolute Gasteiger partial charge is 0.481 e. The molecule has 0 amide bonds. The molecule has 1 saturated carbocycles. The Balaban J connectivity index is 1.73. The van der Waals surface area contributed by atoms with E-state index >= 15 is 0 Å². The van der Waals surface area contributed by atoms with Crippen LogP contribution in [0.3, 0.4) is 0 Å². The molecule has 2 rings (SSSR count). The molecule has 22 heavy (non-hydrogen) atoms. The lowest BCUT2D eigenvalue weighted by atomic mass is 9.87. The van der Waals surface area contributed by atoms with E-state index in [2.05, 4.69) is 12.1 Å². The predicted octanol–water partition coefficient (Wildman–Crippen LogP) is 2.62. The van der Waals surface area contributed by atoms with Crippen molar-refractivity contribution in [2.24, 2.45) is 11.8 Å². The average molecular weight is 306 g/mol. The van der Waals surface area contributed by atoms with Crippen molar-refractivity contribution in [2.75, 3.05) is 0 Å². The van der Waals surface area contributed by atoms with Crippen molar-refractivity contribution in [1.29, 1.82) is 0 Å². The highest BCUT2D eigenvalue weighted by Crippen LogP contribution is 2.37. The minimum Gasteiger partial charge on any atom is -0.481 e.